The molecule has 0 radical (unpaired) electrons. The van der Waals surface area contributed by atoms with Crippen LogP contribution in [0.1, 0.15) is 25.3 Å². The van der Waals surface area contributed by atoms with Gasteiger partial charge in [0, 0.05) is 11.6 Å². The van der Waals surface area contributed by atoms with E-state index in [9.17, 15) is 5.11 Å². The van der Waals surface area contributed by atoms with Gasteiger partial charge in [0.15, 0.2) is 0 Å². The summed E-state index contributed by atoms with van der Waals surface area (Å²) >= 11 is 5.91. The van der Waals surface area contributed by atoms with E-state index in [1.807, 2.05) is 25.1 Å². The normalized spacial score (nSPS) is 18.1. The monoisotopic (exact) mass is 333 g/mol. The summed E-state index contributed by atoms with van der Waals surface area (Å²) < 4.78 is 5.68. The topological polar surface area (TPSA) is 32.7 Å². The fourth-order valence-electron chi connectivity index (χ4n) is 2.56. The molecule has 0 saturated carbocycles. The van der Waals surface area contributed by atoms with Crippen molar-refractivity contribution in [2.24, 2.45) is 5.92 Å². The van der Waals surface area contributed by atoms with E-state index >= 15 is 0 Å². The number of β-amino-alcohol motifs (C(OH)–C–C–N with tert-alkyl or cyclic N) is 1. The fraction of sp³-hybridized carbons (Fsp3) is 0.625. The maximum atomic E-state index is 10.1. The lowest BCUT2D eigenvalue weighted by Gasteiger charge is -2.31. The van der Waals surface area contributed by atoms with Crippen molar-refractivity contribution in [1.29, 1.82) is 0 Å². The molecule has 5 heteroatoms. The SMILES string of the molecule is Cc1cc(Cl)ccc1OCC(O)CN1CCC(C)CC1.Cl. The van der Waals surface area contributed by atoms with E-state index in [4.69, 9.17) is 16.3 Å². The number of hydrogen-bond acceptors (Lipinski definition) is 3. The van der Waals surface area contributed by atoms with Gasteiger partial charge in [0.2, 0.25) is 0 Å². The minimum absolute atomic E-state index is 0. The molecule has 3 nitrogen and oxygen atoms in total. The summed E-state index contributed by atoms with van der Waals surface area (Å²) in [5, 5.41) is 10.8. The van der Waals surface area contributed by atoms with Gasteiger partial charge >= 0.3 is 0 Å². The minimum Gasteiger partial charge on any atom is -0.491 e. The molecule has 1 saturated heterocycles. The third-order valence-electron chi connectivity index (χ3n) is 3.91. The fourth-order valence-corrected chi connectivity index (χ4v) is 2.78. The smallest absolute Gasteiger partial charge is 0.122 e. The number of halogens is 2. The average molecular weight is 334 g/mol. The molecule has 0 spiro atoms. The highest BCUT2D eigenvalue weighted by Gasteiger charge is 2.18. The summed E-state index contributed by atoms with van der Waals surface area (Å²) in [6, 6.07) is 5.53. The van der Waals surface area contributed by atoms with Gasteiger partial charge in [0.05, 0.1) is 0 Å². The van der Waals surface area contributed by atoms with Crippen LogP contribution in [-0.4, -0.2) is 42.4 Å². The third-order valence-corrected chi connectivity index (χ3v) is 4.15. The van der Waals surface area contributed by atoms with Gasteiger partial charge < -0.3 is 14.7 Å². The maximum Gasteiger partial charge on any atom is 0.122 e. The lowest BCUT2D eigenvalue weighted by atomic mass is 9.99. The van der Waals surface area contributed by atoms with Crippen molar-refractivity contribution in [3.63, 3.8) is 0 Å². The minimum atomic E-state index is -0.446. The van der Waals surface area contributed by atoms with E-state index in [0.29, 0.717) is 18.2 Å². The Morgan fingerprint density at radius 1 is 1.38 bits per heavy atom. The van der Waals surface area contributed by atoms with Crippen LogP contribution in [0.25, 0.3) is 0 Å². The number of aryl methyl sites for hydroxylation is 1. The molecule has 120 valence electrons. The Morgan fingerprint density at radius 3 is 2.67 bits per heavy atom. The van der Waals surface area contributed by atoms with E-state index in [-0.39, 0.29) is 12.4 Å². The third kappa shape index (κ3) is 6.03. The molecule has 1 aromatic carbocycles. The van der Waals surface area contributed by atoms with Crippen LogP contribution in [0.5, 0.6) is 5.75 Å². The van der Waals surface area contributed by atoms with Crippen molar-refractivity contribution in [3.05, 3.63) is 28.8 Å². The Hall–Kier alpha value is -0.480. The molecule has 2 rings (SSSR count). The van der Waals surface area contributed by atoms with Crippen molar-refractivity contribution in [2.45, 2.75) is 32.8 Å². The molecule has 1 heterocycles. The Bertz CT molecular complexity index is 434. The molecule has 0 bridgehead atoms. The van der Waals surface area contributed by atoms with E-state index in [0.717, 1.165) is 30.3 Å². The van der Waals surface area contributed by atoms with E-state index in [1.165, 1.54) is 12.8 Å². The Kier molecular flexibility index (Phi) is 7.82. The zero-order valence-corrected chi connectivity index (χ0v) is 14.3. The van der Waals surface area contributed by atoms with Gasteiger partial charge in [0.1, 0.15) is 18.5 Å². The van der Waals surface area contributed by atoms with E-state index in [1.54, 1.807) is 0 Å². The molecule has 21 heavy (non-hydrogen) atoms. The second-order valence-electron chi connectivity index (χ2n) is 5.86. The summed E-state index contributed by atoms with van der Waals surface area (Å²) in [5.74, 6) is 1.61. The van der Waals surface area contributed by atoms with Crippen LogP contribution in [0.3, 0.4) is 0 Å². The summed E-state index contributed by atoms with van der Waals surface area (Å²) in [4.78, 5) is 2.32. The molecule has 1 aromatic rings. The first-order chi connectivity index (χ1) is 9.54. The van der Waals surface area contributed by atoms with Crippen LogP contribution in [-0.2, 0) is 0 Å². The van der Waals surface area contributed by atoms with Crippen LogP contribution < -0.4 is 4.74 Å². The number of aliphatic hydroxyl groups is 1. The summed E-state index contributed by atoms with van der Waals surface area (Å²) in [7, 11) is 0. The summed E-state index contributed by atoms with van der Waals surface area (Å²) in [6.45, 7) is 7.43. The van der Waals surface area contributed by atoms with Gasteiger partial charge in [-0.25, -0.2) is 0 Å². The van der Waals surface area contributed by atoms with Gasteiger partial charge in [-0.2, -0.15) is 0 Å². The summed E-state index contributed by atoms with van der Waals surface area (Å²) in [5.41, 5.74) is 0.997. The molecule has 1 N–H and O–H groups in total. The van der Waals surface area contributed by atoms with Crippen molar-refractivity contribution in [2.75, 3.05) is 26.2 Å². The zero-order valence-electron chi connectivity index (χ0n) is 12.7. The van der Waals surface area contributed by atoms with Gasteiger partial charge in [-0.05, 0) is 62.5 Å². The number of likely N-dealkylation sites (tertiary alicyclic amines) is 1. The molecule has 0 aromatic heterocycles. The van der Waals surface area contributed by atoms with Crippen LogP contribution >= 0.6 is 24.0 Å². The molecule has 1 atom stereocenters. The number of piperidine rings is 1. The molecule has 0 amide bonds. The Labute approximate surface area is 138 Å². The maximum absolute atomic E-state index is 10.1. The number of nitrogens with zero attached hydrogens (tertiary/aromatic N) is 1. The predicted molar refractivity (Wildman–Crippen MR) is 89.8 cm³/mol. The van der Waals surface area contributed by atoms with E-state index in [2.05, 4.69) is 11.8 Å². The molecule has 1 unspecified atom stereocenters. The van der Waals surface area contributed by atoms with Gasteiger partial charge in [-0.3, -0.25) is 0 Å². The van der Waals surface area contributed by atoms with Crippen molar-refractivity contribution in [1.82, 2.24) is 4.90 Å². The number of ether oxygens (including phenoxy) is 1. The molecular formula is C16H25Cl2NO2. The van der Waals surface area contributed by atoms with Gasteiger partial charge in [-0.1, -0.05) is 18.5 Å². The quantitative estimate of drug-likeness (QED) is 0.894. The van der Waals surface area contributed by atoms with Gasteiger partial charge in [-0.15, -0.1) is 12.4 Å². The van der Waals surface area contributed by atoms with Gasteiger partial charge in [0.25, 0.3) is 0 Å². The highest BCUT2D eigenvalue weighted by molar-refractivity contribution is 6.30. The standard InChI is InChI=1S/C16H24ClNO2.ClH/c1-12-5-7-18(8-6-12)10-15(19)11-20-16-4-3-14(17)9-13(16)2;/h3-4,9,12,15,19H,5-8,10-11H2,1-2H3;1H. The second-order valence-corrected chi connectivity index (χ2v) is 6.29. The van der Waals surface area contributed by atoms with Crippen molar-refractivity contribution in [3.8, 4) is 5.75 Å². The average Bonchev–Trinajstić information content (AvgIpc) is 2.40. The number of benzene rings is 1. The lowest BCUT2D eigenvalue weighted by molar-refractivity contribution is 0.0561. The first-order valence-electron chi connectivity index (χ1n) is 7.34. The Morgan fingerprint density at radius 2 is 2.05 bits per heavy atom. The molecule has 1 fully saturated rings. The van der Waals surface area contributed by atoms with Crippen LogP contribution in [0.4, 0.5) is 0 Å². The van der Waals surface area contributed by atoms with Crippen LogP contribution in [0.2, 0.25) is 5.02 Å². The lowest BCUT2D eigenvalue weighted by Crippen LogP contribution is -2.40. The highest BCUT2D eigenvalue weighted by atomic mass is 35.5. The first-order valence-corrected chi connectivity index (χ1v) is 7.72. The van der Waals surface area contributed by atoms with E-state index < -0.39 is 6.10 Å². The number of hydrogen-bond donors (Lipinski definition) is 1. The second kappa shape index (κ2) is 8.84. The molecule has 1 aliphatic rings. The molecule has 0 aliphatic carbocycles. The van der Waals surface area contributed by atoms with Crippen LogP contribution in [0.15, 0.2) is 18.2 Å². The molecular weight excluding hydrogens is 309 g/mol. The first kappa shape index (κ1) is 18.6. The highest BCUT2D eigenvalue weighted by Crippen LogP contribution is 2.22. The predicted octanol–water partition coefficient (Wildman–Crippen LogP) is 3.54. The number of aliphatic hydroxyl groups excluding tert-OH is 1. The molecule has 1 aliphatic heterocycles. The van der Waals surface area contributed by atoms with Crippen molar-refractivity contribution < 1.29 is 9.84 Å². The van der Waals surface area contributed by atoms with Crippen molar-refractivity contribution >= 4 is 24.0 Å². The van der Waals surface area contributed by atoms with Crippen LogP contribution in [0, 0.1) is 12.8 Å². The zero-order chi connectivity index (χ0) is 14.5. The largest absolute Gasteiger partial charge is 0.491 e. The summed E-state index contributed by atoms with van der Waals surface area (Å²) in [6.07, 6.45) is 2.01. The number of rotatable bonds is 5. The Balaban J connectivity index is 0.00000220.